The Morgan fingerprint density at radius 2 is 2.33 bits per heavy atom. The minimum Gasteiger partial charge on any atom is -0.370 e. The molecule has 0 amide bonds. The largest absolute Gasteiger partial charge is 0.370 e. The summed E-state index contributed by atoms with van der Waals surface area (Å²) in [6.45, 7) is 5.57. The number of nitrogens with zero attached hydrogens (tertiary/aromatic N) is 1. The molecule has 2 rings (SSSR count). The number of hydrogen-bond donors (Lipinski definition) is 1. The van der Waals surface area contributed by atoms with Crippen molar-refractivity contribution in [2.24, 2.45) is 0 Å². The van der Waals surface area contributed by atoms with Crippen molar-refractivity contribution in [3.05, 3.63) is 23.4 Å². The molecule has 1 aromatic rings. The van der Waals surface area contributed by atoms with Gasteiger partial charge in [0.05, 0.1) is 0 Å². The maximum absolute atomic E-state index is 4.72. The fourth-order valence-electron chi connectivity index (χ4n) is 2.20. The lowest BCUT2D eigenvalue weighted by molar-refractivity contribution is 0.645. The van der Waals surface area contributed by atoms with Gasteiger partial charge < -0.3 is 5.32 Å². The number of nitrogens with one attached hydrogen (secondary N) is 1. The van der Waals surface area contributed by atoms with E-state index < -0.39 is 0 Å². The van der Waals surface area contributed by atoms with Crippen molar-refractivity contribution in [3.8, 4) is 0 Å². The molecular weight excluding hydrogens is 184 g/mol. The van der Waals surface area contributed by atoms with Gasteiger partial charge in [-0.05, 0) is 36.8 Å². The van der Waals surface area contributed by atoms with Crippen LogP contribution < -0.4 is 5.32 Å². The van der Waals surface area contributed by atoms with Crippen LogP contribution in [0.1, 0.15) is 50.3 Å². The Balaban J connectivity index is 2.20. The second-order valence-electron chi connectivity index (χ2n) is 4.46. The first-order chi connectivity index (χ1) is 7.31. The predicted octanol–water partition coefficient (Wildman–Crippen LogP) is 3.34. The summed E-state index contributed by atoms with van der Waals surface area (Å²) in [7, 11) is 0. The average molecular weight is 204 g/mol. The molecule has 82 valence electrons. The van der Waals surface area contributed by atoms with Gasteiger partial charge in [-0.1, -0.05) is 26.3 Å². The van der Waals surface area contributed by atoms with Gasteiger partial charge in [0.2, 0.25) is 0 Å². The average Bonchev–Trinajstić information content (AvgIpc) is 2.29. The molecule has 0 aliphatic carbocycles. The third-order valence-corrected chi connectivity index (χ3v) is 3.14. The maximum Gasteiger partial charge on any atom is 0.129 e. The molecule has 0 spiro atoms. The Hall–Kier alpha value is -1.05. The van der Waals surface area contributed by atoms with E-state index in [2.05, 4.69) is 31.3 Å². The molecule has 0 saturated heterocycles. The highest BCUT2D eigenvalue weighted by Gasteiger charge is 2.12. The van der Waals surface area contributed by atoms with Gasteiger partial charge in [-0.25, -0.2) is 4.98 Å². The molecule has 2 heteroatoms. The number of hydrogen-bond acceptors (Lipinski definition) is 2. The van der Waals surface area contributed by atoms with Gasteiger partial charge in [0.25, 0.3) is 0 Å². The summed E-state index contributed by atoms with van der Waals surface area (Å²) in [5.74, 6) is 1.71. The molecule has 0 saturated carbocycles. The SMILES string of the molecule is CCCC(C)c1ccc2c(n1)NCCC2. The Morgan fingerprint density at radius 3 is 3.13 bits per heavy atom. The van der Waals surface area contributed by atoms with E-state index in [1.165, 1.54) is 36.9 Å². The fourth-order valence-corrected chi connectivity index (χ4v) is 2.20. The normalized spacial score (nSPS) is 16.7. The second-order valence-corrected chi connectivity index (χ2v) is 4.46. The topological polar surface area (TPSA) is 24.9 Å². The van der Waals surface area contributed by atoms with E-state index in [0.29, 0.717) is 5.92 Å². The van der Waals surface area contributed by atoms with Crippen LogP contribution >= 0.6 is 0 Å². The number of pyridine rings is 1. The molecule has 2 heterocycles. The minimum absolute atomic E-state index is 0.587. The van der Waals surface area contributed by atoms with Crippen LogP contribution in [-0.2, 0) is 6.42 Å². The zero-order valence-corrected chi connectivity index (χ0v) is 9.71. The second kappa shape index (κ2) is 4.65. The fraction of sp³-hybridized carbons (Fsp3) is 0.615. The molecule has 1 unspecified atom stereocenters. The summed E-state index contributed by atoms with van der Waals surface area (Å²) in [6, 6.07) is 4.45. The third kappa shape index (κ3) is 2.31. The first-order valence-corrected chi connectivity index (χ1v) is 6.05. The maximum atomic E-state index is 4.72. The van der Waals surface area contributed by atoms with Crippen molar-refractivity contribution in [2.45, 2.75) is 45.4 Å². The van der Waals surface area contributed by atoms with Crippen molar-refractivity contribution >= 4 is 5.82 Å². The third-order valence-electron chi connectivity index (χ3n) is 3.14. The monoisotopic (exact) mass is 204 g/mol. The van der Waals surface area contributed by atoms with E-state index >= 15 is 0 Å². The Morgan fingerprint density at radius 1 is 1.47 bits per heavy atom. The molecule has 0 aromatic carbocycles. The first-order valence-electron chi connectivity index (χ1n) is 6.05. The van der Waals surface area contributed by atoms with Crippen molar-refractivity contribution in [1.29, 1.82) is 0 Å². The number of aromatic nitrogens is 1. The Labute approximate surface area is 92.1 Å². The van der Waals surface area contributed by atoms with Gasteiger partial charge in [-0.3, -0.25) is 0 Å². The van der Waals surface area contributed by atoms with E-state index in [0.717, 1.165) is 12.4 Å². The van der Waals surface area contributed by atoms with E-state index in [-0.39, 0.29) is 0 Å². The van der Waals surface area contributed by atoms with Crippen LogP contribution in [-0.4, -0.2) is 11.5 Å². The van der Waals surface area contributed by atoms with Crippen LogP contribution in [0.25, 0.3) is 0 Å². The highest BCUT2D eigenvalue weighted by molar-refractivity contribution is 5.47. The predicted molar refractivity (Wildman–Crippen MR) is 64.4 cm³/mol. The summed E-state index contributed by atoms with van der Waals surface area (Å²) in [5.41, 5.74) is 2.62. The van der Waals surface area contributed by atoms with Gasteiger partial charge in [0.15, 0.2) is 0 Å². The van der Waals surface area contributed by atoms with Crippen LogP contribution in [0, 0.1) is 0 Å². The van der Waals surface area contributed by atoms with Crippen LogP contribution in [0.3, 0.4) is 0 Å². The molecule has 1 aromatic heterocycles. The quantitative estimate of drug-likeness (QED) is 0.816. The van der Waals surface area contributed by atoms with Crippen LogP contribution in [0.2, 0.25) is 0 Å². The lowest BCUT2D eigenvalue weighted by Gasteiger charge is -2.19. The van der Waals surface area contributed by atoms with Crippen LogP contribution in [0.5, 0.6) is 0 Å². The van der Waals surface area contributed by atoms with Crippen LogP contribution in [0.4, 0.5) is 5.82 Å². The Bertz CT molecular complexity index is 333. The zero-order chi connectivity index (χ0) is 10.7. The molecule has 1 aliphatic rings. The first kappa shape index (κ1) is 10.5. The number of aryl methyl sites for hydroxylation is 1. The summed E-state index contributed by atoms with van der Waals surface area (Å²) >= 11 is 0. The van der Waals surface area contributed by atoms with Crippen molar-refractivity contribution in [1.82, 2.24) is 4.98 Å². The standard InChI is InChI=1S/C13H20N2/c1-3-5-10(2)12-8-7-11-6-4-9-14-13(11)15-12/h7-8,10H,3-6,9H2,1-2H3,(H,14,15). The lowest BCUT2D eigenvalue weighted by Crippen LogP contribution is -2.14. The lowest BCUT2D eigenvalue weighted by atomic mass is 9.99. The highest BCUT2D eigenvalue weighted by atomic mass is 15.0. The van der Waals surface area contributed by atoms with Gasteiger partial charge in [-0.15, -0.1) is 0 Å². The molecule has 1 aliphatic heterocycles. The molecule has 0 radical (unpaired) electrons. The van der Waals surface area contributed by atoms with E-state index in [1.54, 1.807) is 0 Å². The van der Waals surface area contributed by atoms with Crippen molar-refractivity contribution in [2.75, 3.05) is 11.9 Å². The molecule has 15 heavy (non-hydrogen) atoms. The smallest absolute Gasteiger partial charge is 0.129 e. The van der Waals surface area contributed by atoms with Crippen molar-refractivity contribution < 1.29 is 0 Å². The minimum atomic E-state index is 0.587. The van der Waals surface area contributed by atoms with Crippen molar-refractivity contribution in [3.63, 3.8) is 0 Å². The Kier molecular flexibility index (Phi) is 3.24. The van der Waals surface area contributed by atoms with E-state index in [9.17, 15) is 0 Å². The van der Waals surface area contributed by atoms with Gasteiger partial charge >= 0.3 is 0 Å². The van der Waals surface area contributed by atoms with Crippen LogP contribution in [0.15, 0.2) is 12.1 Å². The van der Waals surface area contributed by atoms with E-state index in [4.69, 9.17) is 4.98 Å². The summed E-state index contributed by atoms with van der Waals surface area (Å²) in [6.07, 6.45) is 4.87. The number of anilines is 1. The zero-order valence-electron chi connectivity index (χ0n) is 9.71. The molecule has 2 nitrogen and oxygen atoms in total. The molecule has 1 atom stereocenters. The summed E-state index contributed by atoms with van der Waals surface area (Å²) < 4.78 is 0. The molecule has 1 N–H and O–H groups in total. The highest BCUT2D eigenvalue weighted by Crippen LogP contribution is 2.24. The molecule has 0 fully saturated rings. The van der Waals surface area contributed by atoms with Gasteiger partial charge in [-0.2, -0.15) is 0 Å². The number of fused-ring (bicyclic) bond motifs is 1. The summed E-state index contributed by atoms with van der Waals surface area (Å²) in [4.78, 5) is 4.72. The molecule has 0 bridgehead atoms. The van der Waals surface area contributed by atoms with E-state index in [1.807, 2.05) is 0 Å². The summed E-state index contributed by atoms with van der Waals surface area (Å²) in [5, 5.41) is 3.39. The van der Waals surface area contributed by atoms with Gasteiger partial charge in [0, 0.05) is 12.2 Å². The van der Waals surface area contributed by atoms with Gasteiger partial charge in [0.1, 0.15) is 5.82 Å². The molecular formula is C13H20N2. The number of rotatable bonds is 3.